The van der Waals surface area contributed by atoms with Crippen molar-refractivity contribution in [1.29, 1.82) is 0 Å². The van der Waals surface area contributed by atoms with Gasteiger partial charge in [-0.25, -0.2) is 4.79 Å². The highest BCUT2D eigenvalue weighted by atomic mass is 32.2. The van der Waals surface area contributed by atoms with Crippen molar-refractivity contribution in [3.05, 3.63) is 21.1 Å². The summed E-state index contributed by atoms with van der Waals surface area (Å²) in [4.78, 5) is 16.9. The summed E-state index contributed by atoms with van der Waals surface area (Å²) in [5.74, 6) is 2.12. The van der Waals surface area contributed by atoms with E-state index in [4.69, 9.17) is 5.73 Å². The van der Waals surface area contributed by atoms with Gasteiger partial charge >= 0.3 is 5.69 Å². The second kappa shape index (κ2) is 6.18. The maximum atomic E-state index is 11.9. The lowest BCUT2D eigenvalue weighted by Crippen LogP contribution is -2.17. The summed E-state index contributed by atoms with van der Waals surface area (Å²) in [6.07, 6.45) is 2.40. The normalized spacial score (nSPS) is 11.7. The number of anilines is 1. The summed E-state index contributed by atoms with van der Waals surface area (Å²) in [7, 11) is 0. The molecule has 0 radical (unpaired) electrons. The minimum Gasteiger partial charge on any atom is -0.382 e. The lowest BCUT2D eigenvalue weighted by molar-refractivity contribution is 0.579. The second-order valence-corrected chi connectivity index (χ2v) is 7.97. The second-order valence-electron chi connectivity index (χ2n) is 5.38. The Morgan fingerprint density at radius 3 is 2.75 bits per heavy atom. The molecular formula is C14H21N3OS2. The van der Waals surface area contributed by atoms with Crippen LogP contribution in [0.15, 0.2) is 9.00 Å². The Bertz CT molecular complexity index is 630. The van der Waals surface area contributed by atoms with Crippen molar-refractivity contribution in [3.8, 4) is 5.69 Å². The van der Waals surface area contributed by atoms with Gasteiger partial charge in [0.15, 0.2) is 5.82 Å². The fourth-order valence-electron chi connectivity index (χ4n) is 2.10. The van der Waals surface area contributed by atoms with E-state index in [9.17, 15) is 4.79 Å². The molecule has 0 fully saturated rings. The smallest absolute Gasteiger partial charge is 0.354 e. The lowest BCUT2D eigenvalue weighted by Gasteiger charge is -2.14. The molecule has 2 N–H and O–H groups in total. The van der Waals surface area contributed by atoms with E-state index in [0.29, 0.717) is 5.82 Å². The Balaban J connectivity index is 2.29. The van der Waals surface area contributed by atoms with E-state index < -0.39 is 0 Å². The first-order chi connectivity index (χ1) is 9.41. The molecule has 20 heavy (non-hydrogen) atoms. The number of fused-ring (bicyclic) bond motifs is 1. The Morgan fingerprint density at radius 2 is 2.10 bits per heavy atom. The van der Waals surface area contributed by atoms with Crippen LogP contribution in [0.5, 0.6) is 0 Å². The summed E-state index contributed by atoms with van der Waals surface area (Å²) in [6, 6.07) is 0. The van der Waals surface area contributed by atoms with E-state index in [1.165, 1.54) is 12.8 Å². The molecule has 0 atom stereocenters. The largest absolute Gasteiger partial charge is 0.382 e. The van der Waals surface area contributed by atoms with Crippen molar-refractivity contribution in [2.75, 3.05) is 11.5 Å². The molecule has 0 bridgehead atoms. The van der Waals surface area contributed by atoms with Gasteiger partial charge in [0.1, 0.15) is 5.69 Å². The van der Waals surface area contributed by atoms with Crippen LogP contribution in [0.1, 0.15) is 37.3 Å². The van der Waals surface area contributed by atoms with Gasteiger partial charge in [-0.15, -0.1) is 23.1 Å². The molecule has 0 unspecified atom stereocenters. The minimum atomic E-state index is -0.269. The van der Waals surface area contributed by atoms with E-state index in [-0.39, 0.29) is 5.69 Å². The highest BCUT2D eigenvalue weighted by Gasteiger charge is 2.21. The van der Waals surface area contributed by atoms with E-state index >= 15 is 0 Å². The number of imidazole rings is 1. The number of nitrogens with two attached hydrogens (primary N) is 1. The molecule has 2 rings (SSSR count). The fraction of sp³-hybridized carbons (Fsp3) is 0.571. The molecule has 0 saturated heterocycles. The number of nitrogens with zero attached hydrogens (tertiary/aromatic N) is 2. The number of nitrogen functional groups attached to an aromatic ring is 1. The monoisotopic (exact) mass is 311 g/mol. The van der Waals surface area contributed by atoms with Crippen molar-refractivity contribution in [2.45, 2.75) is 44.7 Å². The summed E-state index contributed by atoms with van der Waals surface area (Å²) in [6.45, 7) is 8.45. The van der Waals surface area contributed by atoms with Crippen LogP contribution in [0.25, 0.3) is 5.69 Å². The van der Waals surface area contributed by atoms with Crippen molar-refractivity contribution < 1.29 is 0 Å². The first kappa shape index (κ1) is 15.4. The molecular weight excluding hydrogens is 290 g/mol. The Kier molecular flexibility index (Phi) is 4.75. The molecule has 0 aromatic heterocycles. The van der Waals surface area contributed by atoms with Gasteiger partial charge in [0, 0.05) is 10.6 Å². The number of hydrogen-bond donors (Lipinski definition) is 1. The number of hydrogen-bond acceptors (Lipinski definition) is 5. The topological polar surface area (TPSA) is 60.9 Å². The van der Waals surface area contributed by atoms with E-state index in [1.807, 2.05) is 13.8 Å². The number of aromatic nitrogens is 2. The van der Waals surface area contributed by atoms with Crippen molar-refractivity contribution in [2.24, 2.45) is 5.92 Å². The van der Waals surface area contributed by atoms with Gasteiger partial charge in [0.25, 0.3) is 0 Å². The van der Waals surface area contributed by atoms with Crippen LogP contribution in [-0.4, -0.2) is 15.3 Å². The quantitative estimate of drug-likeness (QED) is 0.678. The van der Waals surface area contributed by atoms with Crippen LogP contribution >= 0.6 is 23.1 Å². The molecule has 0 aromatic carbocycles. The molecule has 0 saturated carbocycles. The van der Waals surface area contributed by atoms with Gasteiger partial charge in [-0.3, -0.25) is 4.57 Å². The lowest BCUT2D eigenvalue weighted by atomic mass is 10.1. The van der Waals surface area contributed by atoms with Crippen LogP contribution in [0.3, 0.4) is 0 Å². The van der Waals surface area contributed by atoms with Crippen molar-refractivity contribution in [3.63, 3.8) is 0 Å². The van der Waals surface area contributed by atoms with Crippen molar-refractivity contribution >= 4 is 28.9 Å². The SMILES string of the molecule is Cc1sc(SCCCC(C)C)c2c(N)nc(=O)n-2c1C. The molecule has 4 nitrogen and oxygen atoms in total. The van der Waals surface area contributed by atoms with E-state index in [0.717, 1.165) is 32.1 Å². The average molecular weight is 311 g/mol. The molecule has 0 aromatic rings. The highest BCUT2D eigenvalue weighted by Crippen LogP contribution is 2.37. The zero-order chi connectivity index (χ0) is 14.9. The zero-order valence-corrected chi connectivity index (χ0v) is 14.0. The molecule has 0 spiro atoms. The van der Waals surface area contributed by atoms with Gasteiger partial charge in [-0.1, -0.05) is 20.3 Å². The predicted octanol–water partition coefficient (Wildman–Crippen LogP) is 3.46. The molecule has 2 heterocycles. The summed E-state index contributed by atoms with van der Waals surface area (Å²) in [5.41, 5.74) is 7.37. The number of thioether (sulfide) groups is 1. The Labute approximate surface area is 127 Å². The van der Waals surface area contributed by atoms with Gasteiger partial charge in [-0.05, 0) is 31.9 Å². The van der Waals surface area contributed by atoms with E-state index in [2.05, 4.69) is 18.8 Å². The predicted molar refractivity (Wildman–Crippen MR) is 87.6 cm³/mol. The molecule has 2 aliphatic rings. The maximum absolute atomic E-state index is 11.9. The van der Waals surface area contributed by atoms with Crippen LogP contribution in [0.2, 0.25) is 0 Å². The minimum absolute atomic E-state index is 0.269. The first-order valence-electron chi connectivity index (χ1n) is 6.82. The molecule has 2 aliphatic heterocycles. The van der Waals surface area contributed by atoms with Crippen molar-refractivity contribution in [1.82, 2.24) is 9.55 Å². The van der Waals surface area contributed by atoms with Gasteiger partial charge < -0.3 is 5.73 Å². The highest BCUT2D eigenvalue weighted by molar-refractivity contribution is 8.01. The molecule has 6 heteroatoms. The molecule has 0 aliphatic carbocycles. The van der Waals surface area contributed by atoms with Gasteiger partial charge in [0.05, 0.1) is 4.21 Å². The maximum Gasteiger partial charge on any atom is 0.354 e. The molecule has 110 valence electrons. The van der Waals surface area contributed by atoms with Crippen LogP contribution < -0.4 is 11.4 Å². The summed E-state index contributed by atoms with van der Waals surface area (Å²) in [5, 5.41) is 0. The standard InChI is InChI=1S/C14H21N3OS2/c1-8(2)6-5-7-19-13-11-12(15)16-14(18)17(11)9(3)10(4)20-13/h8H,5-7H2,1-4H3,(H2,15,16,18). The Morgan fingerprint density at radius 1 is 1.40 bits per heavy atom. The fourth-order valence-corrected chi connectivity index (χ4v) is 4.60. The zero-order valence-electron chi connectivity index (χ0n) is 12.4. The van der Waals surface area contributed by atoms with Gasteiger partial charge in [-0.2, -0.15) is 4.98 Å². The van der Waals surface area contributed by atoms with Gasteiger partial charge in [0.2, 0.25) is 0 Å². The molecule has 0 amide bonds. The third-order valence-corrected chi connectivity index (χ3v) is 5.85. The number of rotatable bonds is 5. The number of aryl methyl sites for hydroxylation is 1. The first-order valence-corrected chi connectivity index (χ1v) is 8.63. The van der Waals surface area contributed by atoms with E-state index in [1.54, 1.807) is 27.7 Å². The van der Waals surface area contributed by atoms with Crippen LogP contribution in [-0.2, 0) is 0 Å². The van der Waals surface area contributed by atoms with Crippen LogP contribution in [0.4, 0.5) is 5.82 Å². The summed E-state index contributed by atoms with van der Waals surface area (Å²) < 4.78 is 2.75. The third-order valence-electron chi connectivity index (χ3n) is 3.32. The summed E-state index contributed by atoms with van der Waals surface area (Å²) >= 11 is 3.48. The third kappa shape index (κ3) is 3.01. The average Bonchev–Trinajstić information content (AvgIpc) is 2.66. The Hall–Kier alpha value is -1.01. The van der Waals surface area contributed by atoms with Crippen LogP contribution in [0, 0.1) is 19.8 Å².